The second kappa shape index (κ2) is 9.51. The first-order chi connectivity index (χ1) is 17.4. The Bertz CT molecular complexity index is 1370. The number of hydrogen-bond donors (Lipinski definition) is 1. The lowest BCUT2D eigenvalue weighted by atomic mass is 9.96. The van der Waals surface area contributed by atoms with E-state index in [1.807, 2.05) is 6.07 Å². The molecule has 4 heterocycles. The Balaban J connectivity index is 1.61. The van der Waals surface area contributed by atoms with Crippen molar-refractivity contribution in [2.45, 2.75) is 13.0 Å². The van der Waals surface area contributed by atoms with E-state index in [-0.39, 0.29) is 23.6 Å². The van der Waals surface area contributed by atoms with Gasteiger partial charge in [-0.05, 0) is 36.8 Å². The predicted molar refractivity (Wildman–Crippen MR) is 129 cm³/mol. The fraction of sp³-hybridized carbons (Fsp3) is 0.320. The maximum absolute atomic E-state index is 13.3. The maximum Gasteiger partial charge on any atom is 0.295 e. The Hall–Kier alpha value is -4.09. The molecule has 11 heteroatoms. The van der Waals surface area contributed by atoms with Crippen LogP contribution in [-0.2, 0) is 14.3 Å². The number of nitro benzene ring substituents is 1. The lowest BCUT2D eigenvalue weighted by molar-refractivity contribution is -0.384. The largest absolute Gasteiger partial charge is 0.505 e. The van der Waals surface area contributed by atoms with Crippen molar-refractivity contribution in [3.63, 3.8) is 0 Å². The number of amides is 1. The molecule has 5 rings (SSSR count). The van der Waals surface area contributed by atoms with Crippen molar-refractivity contribution in [2.75, 3.05) is 39.4 Å². The van der Waals surface area contributed by atoms with Crippen LogP contribution in [0.4, 0.5) is 5.69 Å². The van der Waals surface area contributed by atoms with Crippen LogP contribution in [0, 0.1) is 17.0 Å². The van der Waals surface area contributed by atoms with Crippen LogP contribution in [0.5, 0.6) is 0 Å². The number of aliphatic hydroxyl groups excluding tert-OH is 1. The summed E-state index contributed by atoms with van der Waals surface area (Å²) in [5, 5.41) is 22.7. The summed E-state index contributed by atoms with van der Waals surface area (Å²) in [6.45, 7) is 5.11. The molecule has 11 nitrogen and oxygen atoms in total. The van der Waals surface area contributed by atoms with Gasteiger partial charge in [0.05, 0.1) is 35.4 Å². The van der Waals surface area contributed by atoms with Gasteiger partial charge < -0.3 is 14.7 Å². The molecule has 3 aromatic rings. The average molecular weight is 492 g/mol. The topological polar surface area (TPSA) is 131 Å². The highest BCUT2D eigenvalue weighted by atomic mass is 16.6. The number of benzene rings is 1. The summed E-state index contributed by atoms with van der Waals surface area (Å²) in [7, 11) is 0. The first kappa shape index (κ1) is 23.6. The number of imidazole rings is 1. The van der Waals surface area contributed by atoms with Crippen molar-refractivity contribution >= 4 is 28.8 Å². The first-order valence-electron chi connectivity index (χ1n) is 11.6. The van der Waals surface area contributed by atoms with Crippen molar-refractivity contribution < 1.29 is 24.4 Å². The number of carbonyl (C=O) groups is 2. The summed E-state index contributed by atoms with van der Waals surface area (Å²) in [4.78, 5) is 45.3. The van der Waals surface area contributed by atoms with Crippen molar-refractivity contribution in [1.29, 1.82) is 0 Å². The minimum atomic E-state index is -0.902. The van der Waals surface area contributed by atoms with E-state index in [0.717, 1.165) is 0 Å². The van der Waals surface area contributed by atoms with Gasteiger partial charge in [-0.15, -0.1) is 0 Å². The normalized spacial score (nSPS) is 20.4. The number of aliphatic hydroxyl groups is 1. The number of ketones is 1. The Labute approximate surface area is 206 Å². The highest BCUT2D eigenvalue weighted by Crippen LogP contribution is 2.40. The number of fused-ring (bicyclic) bond motifs is 1. The van der Waals surface area contributed by atoms with Gasteiger partial charge in [0.1, 0.15) is 11.3 Å². The fourth-order valence-corrected chi connectivity index (χ4v) is 4.84. The molecule has 2 fully saturated rings. The number of aromatic nitrogens is 2. The number of rotatable bonds is 6. The molecule has 0 radical (unpaired) electrons. The SMILES string of the molecule is Cc1nc2ccccn2c1/C(O)=C1\C(=O)C(=O)N(CCN2CCOCC2)[C@H]1c1ccc([N+](=O)[O-])cc1. The summed E-state index contributed by atoms with van der Waals surface area (Å²) in [6, 6.07) is 10.2. The van der Waals surface area contributed by atoms with Crippen LogP contribution < -0.4 is 0 Å². The summed E-state index contributed by atoms with van der Waals surface area (Å²) >= 11 is 0. The number of non-ortho nitro benzene ring substituents is 1. The molecule has 186 valence electrons. The van der Waals surface area contributed by atoms with E-state index in [2.05, 4.69) is 9.88 Å². The third-order valence-corrected chi connectivity index (χ3v) is 6.65. The van der Waals surface area contributed by atoms with Crippen LogP contribution in [0.1, 0.15) is 23.0 Å². The van der Waals surface area contributed by atoms with E-state index >= 15 is 0 Å². The number of Topliss-reactive ketones (excluding diaryl/α,β-unsaturated/α-hetero) is 1. The molecule has 1 amide bonds. The van der Waals surface area contributed by atoms with E-state index in [0.29, 0.717) is 55.4 Å². The van der Waals surface area contributed by atoms with E-state index in [9.17, 15) is 24.8 Å². The average Bonchev–Trinajstić information content (AvgIpc) is 3.35. The minimum absolute atomic E-state index is 0.0652. The Morgan fingerprint density at radius 2 is 1.86 bits per heavy atom. The third kappa shape index (κ3) is 4.12. The molecule has 1 N–H and O–H groups in total. The lowest BCUT2D eigenvalue weighted by Crippen LogP contribution is -2.42. The summed E-state index contributed by atoms with van der Waals surface area (Å²) in [6.07, 6.45) is 1.72. The number of morpholine rings is 1. The first-order valence-corrected chi connectivity index (χ1v) is 11.6. The monoisotopic (exact) mass is 491 g/mol. The number of ether oxygens (including phenoxy) is 1. The molecule has 2 saturated heterocycles. The van der Waals surface area contributed by atoms with Gasteiger partial charge in [0.2, 0.25) is 0 Å². The molecule has 0 aliphatic carbocycles. The summed E-state index contributed by atoms with van der Waals surface area (Å²) < 4.78 is 7.05. The van der Waals surface area contributed by atoms with Crippen molar-refractivity contribution in [2.24, 2.45) is 0 Å². The van der Waals surface area contributed by atoms with Crippen LogP contribution >= 0.6 is 0 Å². The van der Waals surface area contributed by atoms with Gasteiger partial charge in [0, 0.05) is 44.5 Å². The molecule has 1 atom stereocenters. The number of nitrogens with zero attached hydrogens (tertiary/aromatic N) is 5. The molecule has 0 saturated carbocycles. The van der Waals surface area contributed by atoms with E-state index in [4.69, 9.17) is 4.74 Å². The number of likely N-dealkylation sites (tertiary alicyclic amines) is 1. The van der Waals surface area contributed by atoms with Gasteiger partial charge in [0.15, 0.2) is 5.76 Å². The summed E-state index contributed by atoms with van der Waals surface area (Å²) in [5.74, 6) is -1.86. The standard InChI is InChI=1S/C25H25N5O6/c1-16-21(28-9-3-2-4-19(28)26-16)23(31)20-22(17-5-7-18(8-6-17)30(34)35)29(25(33)24(20)32)11-10-27-12-14-36-15-13-27/h2-9,22,31H,10-15H2,1H3/b23-20+/t22-/m0/s1. The lowest BCUT2D eigenvalue weighted by Gasteiger charge is -2.31. The molecule has 0 bridgehead atoms. The highest BCUT2D eigenvalue weighted by molar-refractivity contribution is 6.46. The van der Waals surface area contributed by atoms with Crippen LogP contribution in [0.3, 0.4) is 0 Å². The highest BCUT2D eigenvalue weighted by Gasteiger charge is 2.46. The van der Waals surface area contributed by atoms with Crippen molar-refractivity contribution in [3.8, 4) is 0 Å². The van der Waals surface area contributed by atoms with Crippen molar-refractivity contribution in [1.82, 2.24) is 19.2 Å². The molecule has 0 spiro atoms. The molecular weight excluding hydrogens is 466 g/mol. The van der Waals surface area contributed by atoms with E-state index in [1.165, 1.54) is 29.2 Å². The van der Waals surface area contributed by atoms with Crippen LogP contribution in [-0.4, -0.2) is 80.3 Å². The second-order valence-electron chi connectivity index (χ2n) is 8.77. The zero-order chi connectivity index (χ0) is 25.4. The molecule has 36 heavy (non-hydrogen) atoms. The number of pyridine rings is 1. The van der Waals surface area contributed by atoms with Crippen molar-refractivity contribution in [3.05, 3.63) is 81.3 Å². The number of aryl methyl sites for hydroxylation is 1. The Morgan fingerprint density at radius 3 is 2.56 bits per heavy atom. The van der Waals surface area contributed by atoms with Gasteiger partial charge in [-0.2, -0.15) is 0 Å². The molecule has 2 aromatic heterocycles. The second-order valence-corrected chi connectivity index (χ2v) is 8.77. The molecule has 0 unspecified atom stereocenters. The number of hydrogen-bond acceptors (Lipinski definition) is 8. The zero-order valence-corrected chi connectivity index (χ0v) is 19.7. The van der Waals surface area contributed by atoms with Gasteiger partial charge in [-0.1, -0.05) is 6.07 Å². The Morgan fingerprint density at radius 1 is 1.14 bits per heavy atom. The zero-order valence-electron chi connectivity index (χ0n) is 19.7. The third-order valence-electron chi connectivity index (χ3n) is 6.65. The minimum Gasteiger partial charge on any atom is -0.505 e. The summed E-state index contributed by atoms with van der Waals surface area (Å²) in [5.41, 5.74) is 1.73. The number of nitro groups is 1. The fourth-order valence-electron chi connectivity index (χ4n) is 4.84. The van der Waals surface area contributed by atoms with E-state index < -0.39 is 22.7 Å². The molecule has 2 aliphatic rings. The smallest absolute Gasteiger partial charge is 0.295 e. The van der Waals surface area contributed by atoms with Crippen LogP contribution in [0.15, 0.2) is 54.2 Å². The quantitative estimate of drug-likeness (QED) is 0.183. The van der Waals surface area contributed by atoms with Crippen LogP contribution in [0.25, 0.3) is 11.4 Å². The molecule has 1 aromatic carbocycles. The molecule has 2 aliphatic heterocycles. The van der Waals surface area contributed by atoms with Gasteiger partial charge in [-0.25, -0.2) is 4.98 Å². The van der Waals surface area contributed by atoms with E-state index in [1.54, 1.807) is 29.7 Å². The molecular formula is C25H25N5O6. The predicted octanol–water partition coefficient (Wildman–Crippen LogP) is 2.30. The van der Waals surface area contributed by atoms with Gasteiger partial charge >= 0.3 is 0 Å². The van der Waals surface area contributed by atoms with Crippen LogP contribution in [0.2, 0.25) is 0 Å². The maximum atomic E-state index is 13.3. The van der Waals surface area contributed by atoms with Gasteiger partial charge in [-0.3, -0.25) is 29.0 Å². The van der Waals surface area contributed by atoms with Gasteiger partial charge in [0.25, 0.3) is 17.4 Å². The number of carbonyl (C=O) groups excluding carboxylic acids is 2. The Kier molecular flexibility index (Phi) is 6.25.